The molecule has 5 heteroatoms. The van der Waals surface area contributed by atoms with E-state index < -0.39 is 11.6 Å². The molecule has 0 bridgehead atoms. The lowest BCUT2D eigenvalue weighted by molar-refractivity contribution is -0.115. The highest BCUT2D eigenvalue weighted by Gasteiger charge is 2.41. The van der Waals surface area contributed by atoms with Gasteiger partial charge in [0, 0.05) is 15.6 Å². The molecule has 0 amide bonds. The first kappa shape index (κ1) is 14.4. The average Bonchev–Trinajstić information content (AvgIpc) is 2.73. The molecule has 1 aromatic carbocycles. The van der Waals surface area contributed by atoms with Crippen LogP contribution in [-0.2, 0) is 9.53 Å². The molecule has 1 aliphatic heterocycles. The molecular weight excluding hydrogens is 285 g/mol. The summed E-state index contributed by atoms with van der Waals surface area (Å²) in [6, 6.07) is 3.51. The number of hydrogen-bond acceptors (Lipinski definition) is 3. The highest BCUT2D eigenvalue weighted by molar-refractivity contribution is 6.36. The van der Waals surface area contributed by atoms with Crippen LogP contribution in [0.5, 0.6) is 0 Å². The van der Waals surface area contributed by atoms with Crippen LogP contribution in [0.2, 0.25) is 10.0 Å². The zero-order chi connectivity index (χ0) is 14.2. The monoisotopic (exact) mass is 299 g/mol. The Hall–Kier alpha value is -1.06. The lowest BCUT2D eigenvalue weighted by atomic mass is 9.94. The summed E-state index contributed by atoms with van der Waals surface area (Å²) >= 11 is 12.2. The maximum atomic E-state index is 11.1. The first-order valence-corrected chi connectivity index (χ1v) is 6.84. The van der Waals surface area contributed by atoms with E-state index in [0.29, 0.717) is 27.9 Å². The summed E-state index contributed by atoms with van der Waals surface area (Å²) in [7, 11) is 0. The summed E-state index contributed by atoms with van der Waals surface area (Å²) in [5.41, 5.74) is 0.987. The van der Waals surface area contributed by atoms with Crippen molar-refractivity contribution < 1.29 is 9.53 Å². The molecule has 1 aliphatic rings. The fourth-order valence-corrected chi connectivity index (χ4v) is 2.41. The highest BCUT2D eigenvalue weighted by Crippen LogP contribution is 2.32. The second-order valence-corrected chi connectivity index (χ2v) is 5.68. The first-order valence-electron chi connectivity index (χ1n) is 6.09. The predicted octanol–water partition coefficient (Wildman–Crippen LogP) is 3.81. The molecule has 0 aliphatic carbocycles. The van der Waals surface area contributed by atoms with E-state index in [9.17, 15) is 4.79 Å². The molecule has 0 spiro atoms. The maximum absolute atomic E-state index is 11.1. The lowest BCUT2D eigenvalue weighted by Crippen LogP contribution is -2.35. The number of aldehydes is 1. The Kier molecular flexibility index (Phi) is 3.88. The van der Waals surface area contributed by atoms with Crippen LogP contribution in [0.25, 0.3) is 0 Å². The number of carbonyl (C=O) groups is 1. The van der Waals surface area contributed by atoms with Crippen LogP contribution in [0.15, 0.2) is 17.1 Å². The van der Waals surface area contributed by atoms with Crippen molar-refractivity contribution in [1.82, 2.24) is 0 Å². The van der Waals surface area contributed by atoms with E-state index in [-0.39, 0.29) is 0 Å². The third-order valence-electron chi connectivity index (χ3n) is 3.58. The third-order valence-corrected chi connectivity index (χ3v) is 4.36. The van der Waals surface area contributed by atoms with Gasteiger partial charge in [0.05, 0.1) is 0 Å². The summed E-state index contributed by atoms with van der Waals surface area (Å²) in [5.74, 6) is 0.422. The van der Waals surface area contributed by atoms with Gasteiger partial charge in [-0.15, -0.1) is 0 Å². The molecule has 102 valence electrons. The van der Waals surface area contributed by atoms with Crippen molar-refractivity contribution in [2.45, 2.75) is 38.8 Å². The van der Waals surface area contributed by atoms with Gasteiger partial charge in [-0.2, -0.15) is 0 Å². The van der Waals surface area contributed by atoms with Gasteiger partial charge in [0.1, 0.15) is 5.54 Å². The minimum Gasteiger partial charge on any atom is -0.464 e. The van der Waals surface area contributed by atoms with Crippen molar-refractivity contribution in [2.75, 3.05) is 0 Å². The molecule has 1 heterocycles. The number of benzene rings is 1. The van der Waals surface area contributed by atoms with Crippen LogP contribution in [-0.4, -0.2) is 23.8 Å². The zero-order valence-electron chi connectivity index (χ0n) is 11.0. The summed E-state index contributed by atoms with van der Waals surface area (Å²) < 4.78 is 5.62. The molecule has 0 N–H and O–H groups in total. The minimum atomic E-state index is -0.564. The Morgan fingerprint density at radius 2 is 2.00 bits per heavy atom. The van der Waals surface area contributed by atoms with Gasteiger partial charge >= 0.3 is 0 Å². The normalized spacial score (nSPS) is 25.9. The van der Waals surface area contributed by atoms with Gasteiger partial charge in [-0.05, 0) is 38.0 Å². The van der Waals surface area contributed by atoms with Gasteiger partial charge in [0.15, 0.2) is 12.4 Å². The second kappa shape index (κ2) is 5.14. The summed E-state index contributed by atoms with van der Waals surface area (Å²) in [5, 5.41) is 1.11. The summed E-state index contributed by atoms with van der Waals surface area (Å²) in [4.78, 5) is 15.6. The Balaban J connectivity index is 2.44. The molecule has 3 nitrogen and oxygen atoms in total. The number of rotatable bonds is 3. The van der Waals surface area contributed by atoms with Crippen molar-refractivity contribution >= 4 is 35.4 Å². The fraction of sp³-hybridized carbons (Fsp3) is 0.429. The number of nitrogens with zero attached hydrogens (tertiary/aromatic N) is 1. The van der Waals surface area contributed by atoms with Crippen LogP contribution in [0.4, 0.5) is 0 Å². The molecule has 2 atom stereocenters. The topological polar surface area (TPSA) is 38.7 Å². The molecule has 1 unspecified atom stereocenters. The van der Waals surface area contributed by atoms with Gasteiger partial charge in [0.25, 0.3) is 0 Å². The second-order valence-electron chi connectivity index (χ2n) is 4.87. The number of ether oxygens (including phenoxy) is 1. The van der Waals surface area contributed by atoms with Gasteiger partial charge in [-0.3, -0.25) is 4.79 Å². The molecule has 0 radical (unpaired) electrons. The fourth-order valence-electron chi connectivity index (χ4n) is 1.93. The van der Waals surface area contributed by atoms with Crippen molar-refractivity contribution in [1.29, 1.82) is 0 Å². The Bertz CT molecular complexity index is 533. The largest absolute Gasteiger partial charge is 0.464 e. The first-order chi connectivity index (χ1) is 8.91. The van der Waals surface area contributed by atoms with E-state index in [1.807, 2.05) is 20.8 Å². The summed E-state index contributed by atoms with van der Waals surface area (Å²) in [6.45, 7) is 5.72. The molecule has 0 saturated carbocycles. The van der Waals surface area contributed by atoms with E-state index in [2.05, 4.69) is 4.99 Å². The van der Waals surface area contributed by atoms with Gasteiger partial charge in [0.2, 0.25) is 5.90 Å². The Morgan fingerprint density at radius 1 is 1.42 bits per heavy atom. The Labute approximate surface area is 122 Å². The van der Waals surface area contributed by atoms with Crippen LogP contribution >= 0.6 is 23.2 Å². The van der Waals surface area contributed by atoms with Crippen molar-refractivity contribution in [3.05, 3.63) is 33.3 Å². The van der Waals surface area contributed by atoms with Crippen molar-refractivity contribution in [2.24, 2.45) is 4.99 Å². The predicted molar refractivity (Wildman–Crippen MR) is 77.4 cm³/mol. The van der Waals surface area contributed by atoms with Crippen LogP contribution < -0.4 is 0 Å². The van der Waals surface area contributed by atoms with Gasteiger partial charge in [-0.25, -0.2) is 4.99 Å². The maximum Gasteiger partial charge on any atom is 0.217 e. The van der Waals surface area contributed by atoms with Crippen LogP contribution in [0, 0.1) is 6.92 Å². The number of carbonyl (C=O) groups excluding carboxylic acids is 1. The number of halogens is 2. The molecule has 19 heavy (non-hydrogen) atoms. The molecule has 1 aromatic rings. The zero-order valence-corrected chi connectivity index (χ0v) is 12.5. The van der Waals surface area contributed by atoms with E-state index >= 15 is 0 Å². The third kappa shape index (κ3) is 2.49. The van der Waals surface area contributed by atoms with E-state index in [1.165, 1.54) is 0 Å². The van der Waals surface area contributed by atoms with Crippen LogP contribution in [0.3, 0.4) is 0 Å². The van der Waals surface area contributed by atoms with E-state index in [1.54, 1.807) is 12.1 Å². The smallest absolute Gasteiger partial charge is 0.217 e. The van der Waals surface area contributed by atoms with Crippen molar-refractivity contribution in [3.63, 3.8) is 0 Å². The number of hydrogen-bond donors (Lipinski definition) is 0. The van der Waals surface area contributed by atoms with E-state index in [4.69, 9.17) is 27.9 Å². The number of aliphatic imine (C=N–C) groups is 1. The molecule has 2 rings (SSSR count). The molecular formula is C14H15Cl2NO2. The Morgan fingerprint density at radius 3 is 2.42 bits per heavy atom. The van der Waals surface area contributed by atoms with Crippen molar-refractivity contribution in [3.8, 4) is 0 Å². The molecule has 0 fully saturated rings. The SMILES string of the molecule is CC[C@@]1(C)N=C(c2cc(Cl)c(C)c(Cl)c2)OC1C=O. The average molecular weight is 300 g/mol. The van der Waals surface area contributed by atoms with Gasteiger partial charge < -0.3 is 4.74 Å². The van der Waals surface area contributed by atoms with E-state index in [0.717, 1.165) is 11.8 Å². The quantitative estimate of drug-likeness (QED) is 0.796. The van der Waals surface area contributed by atoms with Crippen LogP contribution in [0.1, 0.15) is 31.4 Å². The summed E-state index contributed by atoms with van der Waals surface area (Å²) in [6.07, 6.45) is 0.941. The van der Waals surface area contributed by atoms with Gasteiger partial charge in [-0.1, -0.05) is 30.1 Å². The molecule has 0 saturated heterocycles. The minimum absolute atomic E-state index is 0.422. The molecule has 0 aromatic heterocycles. The highest BCUT2D eigenvalue weighted by atomic mass is 35.5. The lowest BCUT2D eigenvalue weighted by Gasteiger charge is -2.20. The standard InChI is InChI=1S/C14H15Cl2NO2/c1-4-14(3)12(7-18)19-13(17-14)9-5-10(15)8(2)11(16)6-9/h5-7,12H,4H2,1-3H3/t12?,14-/m1/s1.